The molecule has 110 valence electrons. The number of ether oxygens (including phenoxy) is 1. The maximum atomic E-state index is 12.1. The van der Waals surface area contributed by atoms with Crippen molar-refractivity contribution in [1.82, 2.24) is 5.32 Å². The van der Waals surface area contributed by atoms with Gasteiger partial charge in [-0.25, -0.2) is 0 Å². The van der Waals surface area contributed by atoms with Gasteiger partial charge in [-0.05, 0) is 24.8 Å². The molecule has 1 heterocycles. The van der Waals surface area contributed by atoms with Crippen LogP contribution in [0.2, 0.25) is 0 Å². The van der Waals surface area contributed by atoms with E-state index in [1.165, 1.54) is 0 Å². The third-order valence-corrected chi connectivity index (χ3v) is 3.55. The van der Waals surface area contributed by atoms with Crippen LogP contribution in [-0.4, -0.2) is 42.4 Å². The van der Waals surface area contributed by atoms with Gasteiger partial charge < -0.3 is 20.9 Å². The van der Waals surface area contributed by atoms with E-state index in [1.54, 1.807) is 0 Å². The normalized spacial score (nSPS) is 23.5. The van der Waals surface area contributed by atoms with Crippen molar-refractivity contribution >= 4 is 5.91 Å². The molecule has 0 bridgehead atoms. The van der Waals surface area contributed by atoms with Gasteiger partial charge in [0.25, 0.3) is 0 Å². The molecule has 1 fully saturated rings. The molecule has 1 aliphatic heterocycles. The Balaban J connectivity index is 1.85. The molecule has 0 radical (unpaired) electrons. The van der Waals surface area contributed by atoms with Crippen LogP contribution in [0.4, 0.5) is 0 Å². The predicted molar refractivity (Wildman–Crippen MR) is 76.1 cm³/mol. The van der Waals surface area contributed by atoms with Crippen LogP contribution in [0.3, 0.4) is 0 Å². The van der Waals surface area contributed by atoms with Gasteiger partial charge in [-0.3, -0.25) is 4.79 Å². The Kier molecular flexibility index (Phi) is 5.52. The first-order valence-electron chi connectivity index (χ1n) is 7.03. The maximum absolute atomic E-state index is 12.1. The molecule has 2 unspecified atom stereocenters. The maximum Gasteiger partial charge on any atom is 0.249 e. The highest BCUT2D eigenvalue weighted by molar-refractivity contribution is 5.81. The van der Waals surface area contributed by atoms with Gasteiger partial charge in [-0.15, -0.1) is 0 Å². The van der Waals surface area contributed by atoms with Crippen LogP contribution in [0.1, 0.15) is 18.4 Å². The highest BCUT2D eigenvalue weighted by atomic mass is 16.5. The van der Waals surface area contributed by atoms with Crippen molar-refractivity contribution in [2.24, 2.45) is 5.73 Å². The first-order chi connectivity index (χ1) is 9.72. The number of carbonyl (C=O) groups excluding carboxylic acids is 1. The fraction of sp³-hybridized carbons (Fsp3) is 0.533. The minimum atomic E-state index is -0.437. The number of carbonyl (C=O) groups is 1. The molecular weight excluding hydrogens is 256 g/mol. The summed E-state index contributed by atoms with van der Waals surface area (Å²) in [6, 6.07) is 9.49. The Morgan fingerprint density at radius 2 is 2.15 bits per heavy atom. The summed E-state index contributed by atoms with van der Waals surface area (Å²) in [4.78, 5) is 12.1. The van der Waals surface area contributed by atoms with Crippen LogP contribution in [0.5, 0.6) is 0 Å². The van der Waals surface area contributed by atoms with Gasteiger partial charge >= 0.3 is 0 Å². The molecule has 4 N–H and O–H groups in total. The van der Waals surface area contributed by atoms with Gasteiger partial charge in [0, 0.05) is 6.54 Å². The molecule has 5 heteroatoms. The average Bonchev–Trinajstić information content (AvgIpc) is 2.96. The molecule has 1 aliphatic rings. The summed E-state index contributed by atoms with van der Waals surface area (Å²) < 4.78 is 5.55. The summed E-state index contributed by atoms with van der Waals surface area (Å²) in [7, 11) is 0. The van der Waals surface area contributed by atoms with Crippen molar-refractivity contribution in [1.29, 1.82) is 0 Å². The van der Waals surface area contributed by atoms with E-state index < -0.39 is 6.10 Å². The second-order valence-electron chi connectivity index (χ2n) is 5.14. The molecule has 1 amide bonds. The minimum Gasteiger partial charge on any atom is -0.394 e. The Morgan fingerprint density at radius 3 is 2.75 bits per heavy atom. The van der Waals surface area contributed by atoms with Gasteiger partial charge in [0.15, 0.2) is 0 Å². The van der Waals surface area contributed by atoms with E-state index in [9.17, 15) is 9.90 Å². The first-order valence-corrected chi connectivity index (χ1v) is 7.03. The third kappa shape index (κ3) is 4.03. The fourth-order valence-electron chi connectivity index (χ4n) is 2.43. The monoisotopic (exact) mass is 278 g/mol. The lowest BCUT2D eigenvalue weighted by Crippen LogP contribution is -2.44. The Bertz CT molecular complexity index is 424. The van der Waals surface area contributed by atoms with Crippen molar-refractivity contribution in [2.75, 3.05) is 13.2 Å². The molecule has 0 aliphatic carbocycles. The van der Waals surface area contributed by atoms with Gasteiger partial charge in [0.05, 0.1) is 18.8 Å². The molecule has 0 saturated carbocycles. The number of rotatable bonds is 6. The molecule has 1 saturated heterocycles. The number of aliphatic hydroxyl groups is 1. The van der Waals surface area contributed by atoms with Crippen molar-refractivity contribution < 1.29 is 14.6 Å². The highest BCUT2D eigenvalue weighted by Gasteiger charge is 2.30. The molecule has 0 aromatic heterocycles. The molecule has 20 heavy (non-hydrogen) atoms. The van der Waals surface area contributed by atoms with E-state index >= 15 is 0 Å². The summed E-state index contributed by atoms with van der Waals surface area (Å²) in [6.07, 6.45) is 1.66. The Hall–Kier alpha value is -1.43. The van der Waals surface area contributed by atoms with E-state index in [1.807, 2.05) is 30.3 Å². The quantitative estimate of drug-likeness (QED) is 0.694. The van der Waals surface area contributed by atoms with E-state index in [0.29, 0.717) is 19.4 Å². The van der Waals surface area contributed by atoms with Crippen molar-refractivity contribution in [3.05, 3.63) is 35.9 Å². The first kappa shape index (κ1) is 15.0. The van der Waals surface area contributed by atoms with E-state index in [4.69, 9.17) is 10.5 Å². The van der Waals surface area contributed by atoms with Crippen LogP contribution in [0, 0.1) is 0 Å². The molecule has 3 atom stereocenters. The third-order valence-electron chi connectivity index (χ3n) is 3.55. The lowest BCUT2D eigenvalue weighted by atomic mass is 10.1. The molecule has 5 nitrogen and oxygen atoms in total. The number of hydrogen-bond acceptors (Lipinski definition) is 4. The van der Waals surface area contributed by atoms with Crippen molar-refractivity contribution in [3.8, 4) is 0 Å². The average molecular weight is 278 g/mol. The Labute approximate surface area is 119 Å². The van der Waals surface area contributed by atoms with Crippen LogP contribution >= 0.6 is 0 Å². The summed E-state index contributed by atoms with van der Waals surface area (Å²) in [5, 5.41) is 12.2. The van der Waals surface area contributed by atoms with Crippen LogP contribution in [0.15, 0.2) is 30.3 Å². The van der Waals surface area contributed by atoms with Gasteiger partial charge in [0.2, 0.25) is 5.91 Å². The van der Waals surface area contributed by atoms with Gasteiger partial charge in [-0.1, -0.05) is 30.3 Å². The number of nitrogens with one attached hydrogen (secondary N) is 1. The second kappa shape index (κ2) is 7.38. The Morgan fingerprint density at radius 1 is 1.40 bits per heavy atom. The second-order valence-corrected chi connectivity index (χ2v) is 5.14. The number of nitrogens with two attached hydrogens (primary N) is 1. The molecule has 2 rings (SSSR count). The zero-order valence-electron chi connectivity index (χ0n) is 11.5. The summed E-state index contributed by atoms with van der Waals surface area (Å²) in [5.41, 5.74) is 6.61. The standard InChI is InChI=1S/C15H22N2O3/c16-9-13-6-7-14(20-13)15(19)17-12(10-18)8-11-4-2-1-3-5-11/h1-5,12-14,18H,6-10,16H2,(H,17,19)/t12-,13?,14?/m1/s1. The highest BCUT2D eigenvalue weighted by Crippen LogP contribution is 2.19. The van der Waals surface area contributed by atoms with Gasteiger partial charge in [0.1, 0.15) is 6.10 Å². The molecule has 1 aromatic rings. The number of amides is 1. The molecule has 1 aromatic carbocycles. The number of hydrogen-bond donors (Lipinski definition) is 3. The lowest BCUT2D eigenvalue weighted by Gasteiger charge is -2.19. The van der Waals surface area contributed by atoms with Crippen molar-refractivity contribution in [2.45, 2.75) is 37.5 Å². The van der Waals surface area contributed by atoms with Crippen LogP contribution in [-0.2, 0) is 16.0 Å². The van der Waals surface area contributed by atoms with Crippen LogP contribution in [0.25, 0.3) is 0 Å². The zero-order valence-corrected chi connectivity index (χ0v) is 11.5. The van der Waals surface area contributed by atoms with Crippen molar-refractivity contribution in [3.63, 3.8) is 0 Å². The van der Waals surface area contributed by atoms with E-state index in [2.05, 4.69) is 5.32 Å². The van der Waals surface area contributed by atoms with Gasteiger partial charge in [-0.2, -0.15) is 0 Å². The van der Waals surface area contributed by atoms with E-state index in [-0.39, 0.29) is 24.7 Å². The molecular formula is C15H22N2O3. The number of aliphatic hydroxyl groups excluding tert-OH is 1. The summed E-state index contributed by atoms with van der Waals surface area (Å²) in [5.74, 6) is -0.157. The smallest absolute Gasteiger partial charge is 0.249 e. The SMILES string of the molecule is NCC1CCC(C(=O)N[C@@H](CO)Cc2ccccc2)O1. The zero-order chi connectivity index (χ0) is 14.4. The summed E-state index contributed by atoms with van der Waals surface area (Å²) in [6.45, 7) is 0.352. The topological polar surface area (TPSA) is 84.6 Å². The van der Waals surface area contributed by atoms with E-state index in [0.717, 1.165) is 12.0 Å². The predicted octanol–water partition coefficient (Wildman–Crippen LogP) is 0.213. The van der Waals surface area contributed by atoms with Crippen LogP contribution < -0.4 is 11.1 Å². The largest absolute Gasteiger partial charge is 0.394 e. The lowest BCUT2D eigenvalue weighted by molar-refractivity contribution is -0.132. The summed E-state index contributed by atoms with van der Waals surface area (Å²) >= 11 is 0. The minimum absolute atomic E-state index is 0.0209. The number of benzene rings is 1. The fourth-order valence-corrected chi connectivity index (χ4v) is 2.43. The molecule has 0 spiro atoms.